The number of methoxy groups -OCH3 is 1. The summed E-state index contributed by atoms with van der Waals surface area (Å²) in [5.41, 5.74) is 1.83. The Morgan fingerprint density at radius 2 is 2.04 bits per heavy atom. The van der Waals surface area contributed by atoms with E-state index in [-0.39, 0.29) is 17.7 Å². The lowest BCUT2D eigenvalue weighted by Crippen LogP contribution is -2.28. The molecule has 140 valence electrons. The maximum Gasteiger partial charge on any atom is 0.254 e. The van der Waals surface area contributed by atoms with Crippen LogP contribution in [0.1, 0.15) is 66.8 Å². The predicted octanol–water partition coefficient (Wildman–Crippen LogP) is 3.77. The molecule has 1 aliphatic carbocycles. The van der Waals surface area contributed by atoms with Crippen molar-refractivity contribution in [1.82, 2.24) is 5.32 Å². The molecule has 1 aliphatic rings. The number of thiophene rings is 1. The van der Waals surface area contributed by atoms with Crippen LogP contribution in [0.2, 0.25) is 0 Å². The molecule has 0 aliphatic heterocycles. The molecule has 0 saturated carbocycles. The highest BCUT2D eigenvalue weighted by Crippen LogP contribution is 2.38. The summed E-state index contributed by atoms with van der Waals surface area (Å²) >= 11 is 1.58. The van der Waals surface area contributed by atoms with Gasteiger partial charge in [0.1, 0.15) is 5.00 Å². The Morgan fingerprint density at radius 3 is 2.76 bits per heavy atom. The van der Waals surface area contributed by atoms with Crippen molar-refractivity contribution in [2.75, 3.05) is 25.6 Å². The lowest BCUT2D eigenvalue weighted by molar-refractivity contribution is -0.119. The Labute approximate surface area is 154 Å². The molecule has 1 aromatic heterocycles. The second-order valence-corrected chi connectivity index (χ2v) is 7.80. The van der Waals surface area contributed by atoms with E-state index in [0.29, 0.717) is 18.7 Å². The first-order valence-corrected chi connectivity index (χ1v) is 10.1. The van der Waals surface area contributed by atoms with Crippen molar-refractivity contribution >= 4 is 28.2 Å². The third kappa shape index (κ3) is 5.28. The molecule has 0 bridgehead atoms. The minimum atomic E-state index is -0.0750. The number of carbonyl (C=O) groups excluding carboxylic acids is 2. The molecule has 25 heavy (non-hydrogen) atoms. The van der Waals surface area contributed by atoms with E-state index in [0.717, 1.165) is 55.5 Å². The zero-order valence-electron chi connectivity index (χ0n) is 15.6. The summed E-state index contributed by atoms with van der Waals surface area (Å²) in [7, 11) is 1.65. The van der Waals surface area contributed by atoms with Gasteiger partial charge in [0.25, 0.3) is 5.91 Å². The Morgan fingerprint density at radius 1 is 1.28 bits per heavy atom. The van der Waals surface area contributed by atoms with Crippen LogP contribution in [0.3, 0.4) is 0 Å². The van der Waals surface area contributed by atoms with Gasteiger partial charge in [-0.25, -0.2) is 0 Å². The van der Waals surface area contributed by atoms with E-state index in [1.54, 1.807) is 18.4 Å². The monoisotopic (exact) mass is 366 g/mol. The van der Waals surface area contributed by atoms with Crippen molar-refractivity contribution in [1.29, 1.82) is 0 Å². The van der Waals surface area contributed by atoms with Gasteiger partial charge < -0.3 is 15.4 Å². The second-order valence-electron chi connectivity index (χ2n) is 6.70. The average molecular weight is 367 g/mol. The van der Waals surface area contributed by atoms with Crippen LogP contribution in [-0.2, 0) is 22.4 Å². The van der Waals surface area contributed by atoms with Crippen molar-refractivity contribution in [2.45, 2.75) is 58.8 Å². The third-order valence-corrected chi connectivity index (χ3v) is 5.82. The SMILES string of the molecule is CCCC(C)C(=O)Nc1sc2c(c1C(=O)NCCCOC)CCCC2. The van der Waals surface area contributed by atoms with Crippen LogP contribution in [0, 0.1) is 5.92 Å². The molecule has 1 aromatic rings. The van der Waals surface area contributed by atoms with E-state index in [1.165, 1.54) is 4.88 Å². The van der Waals surface area contributed by atoms with Crippen molar-refractivity contribution < 1.29 is 14.3 Å². The van der Waals surface area contributed by atoms with Gasteiger partial charge in [-0.05, 0) is 44.1 Å². The number of hydrogen-bond acceptors (Lipinski definition) is 4. The van der Waals surface area contributed by atoms with E-state index in [1.807, 2.05) is 6.92 Å². The predicted molar refractivity (Wildman–Crippen MR) is 102 cm³/mol. The van der Waals surface area contributed by atoms with Gasteiger partial charge >= 0.3 is 0 Å². The van der Waals surface area contributed by atoms with E-state index in [4.69, 9.17) is 4.74 Å². The van der Waals surface area contributed by atoms with Crippen LogP contribution in [0.4, 0.5) is 5.00 Å². The number of anilines is 1. The van der Waals surface area contributed by atoms with Gasteiger partial charge in [-0.2, -0.15) is 0 Å². The van der Waals surface area contributed by atoms with E-state index < -0.39 is 0 Å². The number of rotatable bonds is 9. The van der Waals surface area contributed by atoms with Crippen LogP contribution < -0.4 is 10.6 Å². The highest BCUT2D eigenvalue weighted by molar-refractivity contribution is 7.17. The highest BCUT2D eigenvalue weighted by atomic mass is 32.1. The van der Waals surface area contributed by atoms with Crippen LogP contribution in [-0.4, -0.2) is 32.1 Å². The van der Waals surface area contributed by atoms with Gasteiger partial charge in [-0.15, -0.1) is 11.3 Å². The molecule has 5 nitrogen and oxygen atoms in total. The lowest BCUT2D eigenvalue weighted by atomic mass is 9.95. The molecule has 1 unspecified atom stereocenters. The number of ether oxygens (including phenoxy) is 1. The number of fused-ring (bicyclic) bond motifs is 1. The fourth-order valence-corrected chi connectivity index (χ4v) is 4.49. The molecular formula is C19H30N2O3S. The Kier molecular flexibility index (Phi) is 7.90. The maximum atomic E-state index is 12.7. The second kappa shape index (κ2) is 9.92. The largest absolute Gasteiger partial charge is 0.385 e. The first-order valence-electron chi connectivity index (χ1n) is 9.31. The van der Waals surface area contributed by atoms with Crippen molar-refractivity contribution in [3.8, 4) is 0 Å². The molecule has 2 N–H and O–H groups in total. The topological polar surface area (TPSA) is 67.4 Å². The van der Waals surface area contributed by atoms with Crippen molar-refractivity contribution in [2.24, 2.45) is 5.92 Å². The number of carbonyl (C=O) groups is 2. The fourth-order valence-electron chi connectivity index (χ4n) is 3.20. The standard InChI is InChI=1S/C19H30N2O3S/c1-4-8-13(2)17(22)21-19-16(18(23)20-11-7-12-24-3)14-9-5-6-10-15(14)25-19/h13H,4-12H2,1-3H3,(H,20,23)(H,21,22). The molecule has 0 radical (unpaired) electrons. The molecule has 6 heteroatoms. The fraction of sp³-hybridized carbons (Fsp3) is 0.684. The van der Waals surface area contributed by atoms with E-state index in [9.17, 15) is 9.59 Å². The Bertz CT molecular complexity index is 598. The summed E-state index contributed by atoms with van der Waals surface area (Å²) in [6.07, 6.45) is 6.80. The van der Waals surface area contributed by atoms with Gasteiger partial charge in [0, 0.05) is 31.1 Å². The first kappa shape index (κ1) is 19.9. The summed E-state index contributed by atoms with van der Waals surface area (Å²) in [5.74, 6) is -0.107. The summed E-state index contributed by atoms with van der Waals surface area (Å²) < 4.78 is 5.02. The smallest absolute Gasteiger partial charge is 0.254 e. The van der Waals surface area contributed by atoms with Crippen LogP contribution in [0.5, 0.6) is 0 Å². The van der Waals surface area contributed by atoms with E-state index in [2.05, 4.69) is 17.6 Å². The van der Waals surface area contributed by atoms with Crippen LogP contribution in [0.25, 0.3) is 0 Å². The third-order valence-electron chi connectivity index (χ3n) is 4.62. The average Bonchev–Trinajstić information content (AvgIpc) is 2.96. The van der Waals surface area contributed by atoms with Gasteiger partial charge in [-0.3, -0.25) is 9.59 Å². The summed E-state index contributed by atoms with van der Waals surface area (Å²) in [4.78, 5) is 26.4. The minimum absolute atomic E-state index is 0.00822. The summed E-state index contributed by atoms with van der Waals surface area (Å²) in [6, 6.07) is 0. The molecule has 0 fully saturated rings. The molecule has 2 amide bonds. The number of aryl methyl sites for hydroxylation is 1. The van der Waals surface area contributed by atoms with Gasteiger partial charge in [-0.1, -0.05) is 20.3 Å². The molecular weight excluding hydrogens is 336 g/mol. The molecule has 0 saturated heterocycles. The molecule has 1 heterocycles. The Balaban J connectivity index is 2.16. The van der Waals surface area contributed by atoms with Crippen LogP contribution >= 0.6 is 11.3 Å². The van der Waals surface area contributed by atoms with Crippen molar-refractivity contribution in [3.63, 3.8) is 0 Å². The normalized spacial score (nSPS) is 14.7. The van der Waals surface area contributed by atoms with Gasteiger partial charge in [0.15, 0.2) is 0 Å². The van der Waals surface area contributed by atoms with Crippen LogP contribution in [0.15, 0.2) is 0 Å². The molecule has 1 atom stereocenters. The highest BCUT2D eigenvalue weighted by Gasteiger charge is 2.26. The van der Waals surface area contributed by atoms with Gasteiger partial charge in [0.05, 0.1) is 5.56 Å². The zero-order valence-corrected chi connectivity index (χ0v) is 16.4. The first-order chi connectivity index (χ1) is 12.1. The van der Waals surface area contributed by atoms with Crippen molar-refractivity contribution in [3.05, 3.63) is 16.0 Å². The lowest BCUT2D eigenvalue weighted by Gasteiger charge is -2.14. The zero-order chi connectivity index (χ0) is 18.2. The quantitative estimate of drug-likeness (QED) is 0.654. The number of hydrogen-bond donors (Lipinski definition) is 2. The molecule has 0 spiro atoms. The summed E-state index contributed by atoms with van der Waals surface area (Å²) in [6.45, 7) is 5.22. The van der Waals surface area contributed by atoms with Gasteiger partial charge in [0.2, 0.25) is 5.91 Å². The molecule has 0 aromatic carbocycles. The number of nitrogens with one attached hydrogen (secondary N) is 2. The minimum Gasteiger partial charge on any atom is -0.385 e. The number of amides is 2. The summed E-state index contributed by atoms with van der Waals surface area (Å²) in [5, 5.41) is 6.73. The Hall–Kier alpha value is -1.40. The van der Waals surface area contributed by atoms with E-state index >= 15 is 0 Å². The molecule has 2 rings (SSSR count). The maximum absolute atomic E-state index is 12.7.